The zero-order valence-electron chi connectivity index (χ0n) is 18.0. The first-order valence-corrected chi connectivity index (χ1v) is 10.0. The van der Waals surface area contributed by atoms with E-state index < -0.39 is 11.7 Å². The number of ether oxygens (including phenoxy) is 1. The van der Waals surface area contributed by atoms with Crippen molar-refractivity contribution in [2.75, 3.05) is 32.0 Å². The summed E-state index contributed by atoms with van der Waals surface area (Å²) < 4.78 is 5.17. The standard InChI is InChI=1S/C20H32ClN5O3.HI/c1-20(2,3)29-19(28)25-14-6-13-24-18(22-4)23-12-5-7-17(27)26-16-10-8-15(21)9-11-16;/h8-11H,5-7,12-14H2,1-4H3,(H,25,28)(H,26,27)(H2,22,23,24);1H. The van der Waals surface area contributed by atoms with Crippen LogP contribution in [0.1, 0.15) is 40.0 Å². The minimum Gasteiger partial charge on any atom is -0.444 e. The van der Waals surface area contributed by atoms with Crippen molar-refractivity contribution in [1.82, 2.24) is 16.0 Å². The maximum atomic E-state index is 11.9. The molecule has 0 unspecified atom stereocenters. The Morgan fingerprint density at radius 1 is 1.00 bits per heavy atom. The minimum absolute atomic E-state index is 0. The van der Waals surface area contributed by atoms with E-state index in [-0.39, 0.29) is 29.9 Å². The van der Waals surface area contributed by atoms with Crippen LogP contribution in [0.4, 0.5) is 10.5 Å². The van der Waals surface area contributed by atoms with Crippen LogP contribution in [0.15, 0.2) is 29.3 Å². The lowest BCUT2D eigenvalue weighted by Crippen LogP contribution is -2.39. The Labute approximate surface area is 201 Å². The van der Waals surface area contributed by atoms with Crippen LogP contribution in [0.25, 0.3) is 0 Å². The number of anilines is 1. The molecule has 0 heterocycles. The van der Waals surface area contributed by atoms with E-state index in [4.69, 9.17) is 16.3 Å². The number of carbonyl (C=O) groups excluding carboxylic acids is 2. The van der Waals surface area contributed by atoms with Gasteiger partial charge in [0.05, 0.1) is 0 Å². The first-order chi connectivity index (χ1) is 13.7. The van der Waals surface area contributed by atoms with Crippen LogP contribution in [0.5, 0.6) is 0 Å². The number of carbonyl (C=O) groups is 2. The van der Waals surface area contributed by atoms with Crippen LogP contribution < -0.4 is 21.3 Å². The van der Waals surface area contributed by atoms with Gasteiger partial charge in [0.25, 0.3) is 0 Å². The van der Waals surface area contributed by atoms with Gasteiger partial charge in [0, 0.05) is 43.8 Å². The summed E-state index contributed by atoms with van der Waals surface area (Å²) >= 11 is 5.82. The normalized spacial score (nSPS) is 11.2. The third-order valence-electron chi connectivity index (χ3n) is 3.54. The van der Waals surface area contributed by atoms with Crippen LogP contribution in [0, 0.1) is 0 Å². The molecule has 10 heteroatoms. The fourth-order valence-corrected chi connectivity index (χ4v) is 2.36. The summed E-state index contributed by atoms with van der Waals surface area (Å²) in [7, 11) is 1.68. The molecule has 2 amide bonds. The van der Waals surface area contributed by atoms with Gasteiger partial charge in [0.1, 0.15) is 5.60 Å². The van der Waals surface area contributed by atoms with Gasteiger partial charge in [-0.05, 0) is 57.9 Å². The van der Waals surface area contributed by atoms with E-state index in [0.29, 0.717) is 43.5 Å². The fraction of sp³-hybridized carbons (Fsp3) is 0.550. The maximum absolute atomic E-state index is 11.9. The number of alkyl carbamates (subject to hydrolysis) is 1. The van der Waals surface area contributed by atoms with Gasteiger partial charge in [0.2, 0.25) is 5.91 Å². The molecule has 0 aromatic heterocycles. The molecule has 1 rings (SSSR count). The predicted molar refractivity (Wildman–Crippen MR) is 133 cm³/mol. The number of halogens is 2. The maximum Gasteiger partial charge on any atom is 0.407 e. The van der Waals surface area contributed by atoms with Crippen molar-refractivity contribution in [2.45, 2.75) is 45.6 Å². The van der Waals surface area contributed by atoms with Crippen LogP contribution in [0.2, 0.25) is 5.02 Å². The van der Waals surface area contributed by atoms with Crippen LogP contribution in [-0.2, 0) is 9.53 Å². The molecule has 0 atom stereocenters. The summed E-state index contributed by atoms with van der Waals surface area (Å²) in [5, 5.41) is 12.5. The number of nitrogens with one attached hydrogen (secondary N) is 4. The molecule has 1 aromatic carbocycles. The topological polar surface area (TPSA) is 104 Å². The Kier molecular flexibility index (Phi) is 14.2. The van der Waals surface area contributed by atoms with Gasteiger partial charge in [-0.3, -0.25) is 9.79 Å². The lowest BCUT2D eigenvalue weighted by molar-refractivity contribution is -0.116. The number of hydrogen-bond donors (Lipinski definition) is 4. The Morgan fingerprint density at radius 3 is 2.13 bits per heavy atom. The molecule has 0 aliphatic rings. The smallest absolute Gasteiger partial charge is 0.407 e. The average Bonchev–Trinajstić information content (AvgIpc) is 2.63. The molecule has 0 bridgehead atoms. The molecule has 0 saturated heterocycles. The first-order valence-electron chi connectivity index (χ1n) is 9.66. The summed E-state index contributed by atoms with van der Waals surface area (Å²) in [6.45, 7) is 7.24. The van der Waals surface area contributed by atoms with Crippen molar-refractivity contribution in [3.05, 3.63) is 29.3 Å². The van der Waals surface area contributed by atoms with Crippen molar-refractivity contribution in [2.24, 2.45) is 4.99 Å². The lowest BCUT2D eigenvalue weighted by Gasteiger charge is -2.19. The quantitative estimate of drug-likeness (QED) is 0.161. The van der Waals surface area contributed by atoms with Crippen molar-refractivity contribution in [3.8, 4) is 0 Å². The average molecular weight is 554 g/mol. The summed E-state index contributed by atoms with van der Waals surface area (Å²) in [5.41, 5.74) is 0.227. The van der Waals surface area contributed by atoms with Crippen molar-refractivity contribution in [3.63, 3.8) is 0 Å². The van der Waals surface area contributed by atoms with Gasteiger partial charge in [-0.1, -0.05) is 11.6 Å². The van der Waals surface area contributed by atoms with Gasteiger partial charge < -0.3 is 26.0 Å². The molecule has 170 valence electrons. The summed E-state index contributed by atoms with van der Waals surface area (Å²) in [4.78, 5) is 27.6. The van der Waals surface area contributed by atoms with E-state index in [1.54, 1.807) is 31.3 Å². The highest BCUT2D eigenvalue weighted by Crippen LogP contribution is 2.13. The molecule has 0 aliphatic carbocycles. The highest BCUT2D eigenvalue weighted by atomic mass is 127. The zero-order valence-corrected chi connectivity index (χ0v) is 21.1. The number of aliphatic imine (C=N–C) groups is 1. The number of rotatable bonds is 9. The van der Waals surface area contributed by atoms with Gasteiger partial charge >= 0.3 is 6.09 Å². The van der Waals surface area contributed by atoms with Gasteiger partial charge in [-0.25, -0.2) is 4.79 Å². The van der Waals surface area contributed by atoms with E-state index in [2.05, 4.69) is 26.3 Å². The second-order valence-corrected chi connectivity index (χ2v) is 7.80. The third-order valence-corrected chi connectivity index (χ3v) is 3.79. The predicted octanol–water partition coefficient (Wildman–Crippen LogP) is 3.76. The Balaban J connectivity index is 0.00000841. The monoisotopic (exact) mass is 553 g/mol. The summed E-state index contributed by atoms with van der Waals surface area (Å²) in [6, 6.07) is 7.00. The summed E-state index contributed by atoms with van der Waals surface area (Å²) in [6.07, 6.45) is 1.37. The van der Waals surface area contributed by atoms with E-state index >= 15 is 0 Å². The third kappa shape index (κ3) is 14.3. The number of guanidine groups is 1. The molecule has 1 aromatic rings. The molecule has 0 radical (unpaired) electrons. The second-order valence-electron chi connectivity index (χ2n) is 7.37. The minimum atomic E-state index is -0.500. The molecular weight excluding hydrogens is 521 g/mol. The highest BCUT2D eigenvalue weighted by molar-refractivity contribution is 14.0. The number of nitrogens with zero attached hydrogens (tertiary/aromatic N) is 1. The van der Waals surface area contributed by atoms with Crippen LogP contribution in [0.3, 0.4) is 0 Å². The molecule has 4 N–H and O–H groups in total. The number of hydrogen-bond acceptors (Lipinski definition) is 4. The van der Waals surface area contributed by atoms with E-state index in [9.17, 15) is 9.59 Å². The van der Waals surface area contributed by atoms with Crippen molar-refractivity contribution >= 4 is 59.2 Å². The molecule has 0 spiro atoms. The van der Waals surface area contributed by atoms with E-state index in [1.807, 2.05) is 20.8 Å². The van der Waals surface area contributed by atoms with E-state index in [0.717, 1.165) is 12.1 Å². The van der Waals surface area contributed by atoms with Crippen LogP contribution in [-0.4, -0.2) is 50.2 Å². The van der Waals surface area contributed by atoms with Gasteiger partial charge in [-0.2, -0.15) is 0 Å². The van der Waals surface area contributed by atoms with Crippen molar-refractivity contribution < 1.29 is 14.3 Å². The number of amides is 2. The SMILES string of the molecule is CN=C(NCCCNC(=O)OC(C)(C)C)NCCCC(=O)Nc1ccc(Cl)cc1.I. The molecule has 0 saturated carbocycles. The van der Waals surface area contributed by atoms with Crippen molar-refractivity contribution in [1.29, 1.82) is 0 Å². The fourth-order valence-electron chi connectivity index (χ4n) is 2.23. The molecule has 30 heavy (non-hydrogen) atoms. The van der Waals surface area contributed by atoms with Gasteiger partial charge in [-0.15, -0.1) is 24.0 Å². The van der Waals surface area contributed by atoms with E-state index in [1.165, 1.54) is 0 Å². The van der Waals surface area contributed by atoms with Crippen LogP contribution >= 0.6 is 35.6 Å². The molecule has 8 nitrogen and oxygen atoms in total. The second kappa shape index (κ2) is 15.1. The molecule has 0 aliphatic heterocycles. The lowest BCUT2D eigenvalue weighted by atomic mass is 10.2. The highest BCUT2D eigenvalue weighted by Gasteiger charge is 2.15. The zero-order chi connectivity index (χ0) is 21.7. The Morgan fingerprint density at radius 2 is 1.57 bits per heavy atom. The van der Waals surface area contributed by atoms with Gasteiger partial charge in [0.15, 0.2) is 5.96 Å². The molecular formula is C20H33ClIN5O3. The number of benzene rings is 1. The Bertz CT molecular complexity index is 678. The first kappa shape index (κ1) is 28.2. The molecule has 0 fully saturated rings. The Hall–Kier alpha value is -1.75. The largest absolute Gasteiger partial charge is 0.444 e. The summed E-state index contributed by atoms with van der Waals surface area (Å²) in [5.74, 6) is 0.602.